The van der Waals surface area contributed by atoms with Crippen LogP contribution in [0.4, 0.5) is 0 Å². The Balaban J connectivity index is 1.52. The molecule has 0 radical (unpaired) electrons. The van der Waals surface area contributed by atoms with E-state index in [0.29, 0.717) is 25.9 Å². The standard InChI is InChI=1S/C17H25N3O2/c21-16(17(22)6-2-1-3-7-17)20-12-10-19(11-13-20)14-15-4-8-18-9-5-15/h4-5,8-9,22H,1-3,6-7,10-14H2. The number of nitrogens with zero attached hydrogens (tertiary/aromatic N) is 3. The number of aromatic nitrogens is 1. The van der Waals surface area contributed by atoms with E-state index >= 15 is 0 Å². The van der Waals surface area contributed by atoms with Crippen molar-refractivity contribution in [3.05, 3.63) is 30.1 Å². The molecule has 0 aromatic carbocycles. The lowest BCUT2D eigenvalue weighted by Crippen LogP contribution is -2.56. The first-order valence-electron chi connectivity index (χ1n) is 8.30. The first kappa shape index (κ1) is 15.4. The van der Waals surface area contributed by atoms with E-state index in [1.54, 1.807) is 0 Å². The highest BCUT2D eigenvalue weighted by Crippen LogP contribution is 2.30. The highest BCUT2D eigenvalue weighted by Gasteiger charge is 2.40. The summed E-state index contributed by atoms with van der Waals surface area (Å²) in [6, 6.07) is 4.06. The first-order chi connectivity index (χ1) is 10.7. The first-order valence-corrected chi connectivity index (χ1v) is 8.30. The van der Waals surface area contributed by atoms with E-state index in [4.69, 9.17) is 0 Å². The van der Waals surface area contributed by atoms with Crippen molar-refractivity contribution in [2.24, 2.45) is 0 Å². The number of carbonyl (C=O) groups is 1. The number of piperazine rings is 1. The zero-order valence-electron chi connectivity index (χ0n) is 13.1. The van der Waals surface area contributed by atoms with Gasteiger partial charge in [0, 0.05) is 45.1 Å². The molecule has 1 aromatic heterocycles. The SMILES string of the molecule is O=C(N1CCN(Cc2ccncc2)CC1)C1(O)CCCCC1. The molecule has 0 bridgehead atoms. The molecule has 1 N–H and O–H groups in total. The molecule has 5 heteroatoms. The summed E-state index contributed by atoms with van der Waals surface area (Å²) in [6.07, 6.45) is 7.94. The van der Waals surface area contributed by atoms with Crippen LogP contribution in [-0.2, 0) is 11.3 Å². The maximum atomic E-state index is 12.6. The fourth-order valence-corrected chi connectivity index (χ4v) is 3.50. The van der Waals surface area contributed by atoms with Gasteiger partial charge in [0.15, 0.2) is 0 Å². The second kappa shape index (κ2) is 6.75. The second-order valence-electron chi connectivity index (χ2n) is 6.52. The van der Waals surface area contributed by atoms with Gasteiger partial charge in [0.25, 0.3) is 5.91 Å². The van der Waals surface area contributed by atoms with Crippen LogP contribution in [0.2, 0.25) is 0 Å². The molecule has 1 saturated carbocycles. The highest BCUT2D eigenvalue weighted by atomic mass is 16.3. The average Bonchev–Trinajstić information content (AvgIpc) is 2.56. The Morgan fingerprint density at radius 1 is 1.09 bits per heavy atom. The van der Waals surface area contributed by atoms with Gasteiger partial charge in [-0.1, -0.05) is 19.3 Å². The van der Waals surface area contributed by atoms with E-state index < -0.39 is 5.60 Å². The van der Waals surface area contributed by atoms with Gasteiger partial charge >= 0.3 is 0 Å². The third kappa shape index (κ3) is 3.47. The van der Waals surface area contributed by atoms with Gasteiger partial charge in [-0.2, -0.15) is 0 Å². The van der Waals surface area contributed by atoms with Crippen LogP contribution in [0, 0.1) is 0 Å². The lowest BCUT2D eigenvalue weighted by molar-refractivity contribution is -0.156. The van der Waals surface area contributed by atoms with Gasteiger partial charge in [-0.15, -0.1) is 0 Å². The molecule has 2 aliphatic rings. The maximum Gasteiger partial charge on any atom is 0.254 e. The summed E-state index contributed by atoms with van der Waals surface area (Å²) in [5.41, 5.74) is 0.159. The van der Waals surface area contributed by atoms with Crippen LogP contribution in [0.25, 0.3) is 0 Å². The molecule has 1 aromatic rings. The smallest absolute Gasteiger partial charge is 0.254 e. The Hall–Kier alpha value is -1.46. The van der Waals surface area contributed by atoms with Crippen LogP contribution >= 0.6 is 0 Å². The monoisotopic (exact) mass is 303 g/mol. The van der Waals surface area contributed by atoms with E-state index in [2.05, 4.69) is 9.88 Å². The molecule has 2 fully saturated rings. The molecule has 1 amide bonds. The van der Waals surface area contributed by atoms with Gasteiger partial charge in [-0.05, 0) is 30.5 Å². The molecular formula is C17H25N3O2. The summed E-state index contributed by atoms with van der Waals surface area (Å²) in [6.45, 7) is 4.06. The third-order valence-corrected chi connectivity index (χ3v) is 4.89. The number of aliphatic hydroxyl groups is 1. The normalized spacial score (nSPS) is 22.5. The minimum absolute atomic E-state index is 0.0456. The molecule has 0 atom stereocenters. The van der Waals surface area contributed by atoms with Crippen LogP contribution in [0.5, 0.6) is 0 Å². The molecule has 2 heterocycles. The predicted octanol–water partition coefficient (Wildman–Crippen LogP) is 1.42. The van der Waals surface area contributed by atoms with Crippen molar-refractivity contribution < 1.29 is 9.90 Å². The summed E-state index contributed by atoms with van der Waals surface area (Å²) in [5, 5.41) is 10.6. The number of hydrogen-bond donors (Lipinski definition) is 1. The molecular weight excluding hydrogens is 278 g/mol. The van der Waals surface area contributed by atoms with Crippen molar-refractivity contribution in [3.8, 4) is 0 Å². The second-order valence-corrected chi connectivity index (χ2v) is 6.52. The van der Waals surface area contributed by atoms with Crippen molar-refractivity contribution in [2.75, 3.05) is 26.2 Å². The van der Waals surface area contributed by atoms with Crippen LogP contribution in [0.3, 0.4) is 0 Å². The molecule has 1 aliphatic carbocycles. The average molecular weight is 303 g/mol. The quantitative estimate of drug-likeness (QED) is 0.917. The minimum Gasteiger partial charge on any atom is -0.380 e. The van der Waals surface area contributed by atoms with Crippen molar-refractivity contribution in [1.29, 1.82) is 0 Å². The van der Waals surface area contributed by atoms with Gasteiger partial charge in [-0.25, -0.2) is 0 Å². The molecule has 0 spiro atoms. The van der Waals surface area contributed by atoms with Crippen molar-refractivity contribution in [1.82, 2.24) is 14.8 Å². The summed E-state index contributed by atoms with van der Waals surface area (Å²) < 4.78 is 0. The van der Waals surface area contributed by atoms with Crippen LogP contribution in [-0.4, -0.2) is 57.6 Å². The largest absolute Gasteiger partial charge is 0.380 e. The molecule has 120 valence electrons. The Morgan fingerprint density at radius 2 is 1.73 bits per heavy atom. The number of carbonyl (C=O) groups excluding carboxylic acids is 1. The van der Waals surface area contributed by atoms with E-state index in [-0.39, 0.29) is 5.91 Å². The van der Waals surface area contributed by atoms with Gasteiger partial charge in [-0.3, -0.25) is 14.7 Å². The van der Waals surface area contributed by atoms with Crippen molar-refractivity contribution >= 4 is 5.91 Å². The zero-order chi connectivity index (χ0) is 15.4. The summed E-state index contributed by atoms with van der Waals surface area (Å²) in [5.74, 6) is -0.0456. The number of rotatable bonds is 3. The number of pyridine rings is 1. The van der Waals surface area contributed by atoms with Gasteiger partial charge in [0.05, 0.1) is 0 Å². The van der Waals surface area contributed by atoms with E-state index in [1.165, 1.54) is 5.56 Å². The van der Waals surface area contributed by atoms with Crippen molar-refractivity contribution in [2.45, 2.75) is 44.2 Å². The minimum atomic E-state index is -1.09. The lowest BCUT2D eigenvalue weighted by Gasteiger charge is -2.40. The zero-order valence-corrected chi connectivity index (χ0v) is 13.1. The summed E-state index contributed by atoms with van der Waals surface area (Å²) in [4.78, 5) is 20.8. The fraction of sp³-hybridized carbons (Fsp3) is 0.647. The van der Waals surface area contributed by atoms with Crippen LogP contribution in [0.1, 0.15) is 37.7 Å². The molecule has 22 heavy (non-hydrogen) atoms. The topological polar surface area (TPSA) is 56.7 Å². The van der Waals surface area contributed by atoms with Gasteiger partial charge < -0.3 is 10.0 Å². The van der Waals surface area contributed by atoms with Crippen LogP contribution < -0.4 is 0 Å². The van der Waals surface area contributed by atoms with Crippen LogP contribution in [0.15, 0.2) is 24.5 Å². The molecule has 0 unspecified atom stereocenters. The Labute approximate surface area is 131 Å². The van der Waals surface area contributed by atoms with E-state index in [0.717, 1.165) is 38.9 Å². The fourth-order valence-electron chi connectivity index (χ4n) is 3.50. The van der Waals surface area contributed by atoms with E-state index in [1.807, 2.05) is 29.4 Å². The Morgan fingerprint density at radius 3 is 2.36 bits per heavy atom. The molecule has 1 aliphatic heterocycles. The Kier molecular flexibility index (Phi) is 4.74. The maximum absolute atomic E-state index is 12.6. The van der Waals surface area contributed by atoms with E-state index in [9.17, 15) is 9.90 Å². The highest BCUT2D eigenvalue weighted by molar-refractivity contribution is 5.85. The lowest BCUT2D eigenvalue weighted by atomic mass is 9.83. The van der Waals surface area contributed by atoms with Gasteiger partial charge in [0.2, 0.25) is 0 Å². The summed E-state index contributed by atoms with van der Waals surface area (Å²) in [7, 11) is 0. The van der Waals surface area contributed by atoms with Gasteiger partial charge in [0.1, 0.15) is 5.60 Å². The molecule has 3 rings (SSSR count). The molecule has 5 nitrogen and oxygen atoms in total. The third-order valence-electron chi connectivity index (χ3n) is 4.89. The Bertz CT molecular complexity index is 492. The predicted molar refractivity (Wildman–Crippen MR) is 84.1 cm³/mol. The number of amides is 1. The van der Waals surface area contributed by atoms with Crippen molar-refractivity contribution in [3.63, 3.8) is 0 Å². The molecule has 1 saturated heterocycles. The summed E-state index contributed by atoms with van der Waals surface area (Å²) >= 11 is 0. The number of hydrogen-bond acceptors (Lipinski definition) is 4.